The predicted molar refractivity (Wildman–Crippen MR) is 294 cm³/mol. The van der Waals surface area contributed by atoms with Crippen LogP contribution in [-0.2, 0) is 49.6 Å². The molecule has 0 radical (unpaired) electrons. The van der Waals surface area contributed by atoms with Crippen molar-refractivity contribution >= 4 is 65.0 Å². The number of nitrogens with one attached hydrogen (secondary N) is 6. The number of ketones is 1. The highest BCUT2D eigenvalue weighted by Gasteiger charge is 2.40. The van der Waals surface area contributed by atoms with Crippen LogP contribution in [0.15, 0.2) is 40.9 Å². The fourth-order valence-corrected chi connectivity index (χ4v) is 8.50. The molecule has 0 unspecified atom stereocenters. The molecule has 0 spiro atoms. The van der Waals surface area contributed by atoms with Gasteiger partial charge in [0.1, 0.15) is 30.2 Å². The number of guanidine groups is 1. The van der Waals surface area contributed by atoms with E-state index in [1.807, 2.05) is 0 Å². The number of nitrogens with two attached hydrogens (primary N) is 9. The number of unbranched alkanes of at least 4 members (excludes halogenated alkanes) is 2. The zero-order chi connectivity index (χ0) is 59.9. The van der Waals surface area contributed by atoms with Gasteiger partial charge in [-0.05, 0) is 108 Å². The van der Waals surface area contributed by atoms with Crippen molar-refractivity contribution in [3.05, 3.63) is 47.0 Å². The molecule has 80 heavy (non-hydrogen) atoms. The van der Waals surface area contributed by atoms with Crippen LogP contribution >= 0.6 is 0 Å². The lowest BCUT2D eigenvalue weighted by Gasteiger charge is -2.30. The number of aliphatic imine (C=N–C) groups is 1. The van der Waals surface area contributed by atoms with E-state index in [4.69, 9.17) is 51.6 Å². The molecule has 1 aliphatic heterocycles. The van der Waals surface area contributed by atoms with Gasteiger partial charge in [-0.2, -0.15) is 0 Å². The Morgan fingerprint density at radius 3 is 1.91 bits per heavy atom. The number of likely N-dealkylation sites (tertiary alicyclic amines) is 1. The highest BCUT2D eigenvalue weighted by atomic mass is 16.4. The van der Waals surface area contributed by atoms with Gasteiger partial charge in [-0.15, -0.1) is 0 Å². The first-order valence-electron chi connectivity index (χ1n) is 26.6. The van der Waals surface area contributed by atoms with Crippen molar-refractivity contribution in [3.8, 4) is 0 Å². The van der Waals surface area contributed by atoms with Gasteiger partial charge in [-0.1, -0.05) is 24.6 Å². The van der Waals surface area contributed by atoms with Crippen LogP contribution in [0.2, 0.25) is 0 Å². The molecule has 8 amide bonds. The smallest absolute Gasteiger partial charge is 0.331 e. The number of hydrogen-bond donors (Lipinski definition) is 18. The molecule has 1 heterocycles. The molecule has 27 N–H and O–H groups in total. The quantitative estimate of drug-likeness (QED) is 0.0126. The number of amides is 8. The minimum absolute atomic E-state index is 0.0276. The van der Waals surface area contributed by atoms with Crippen molar-refractivity contribution < 1.29 is 63.3 Å². The number of benzene rings is 1. The summed E-state index contributed by atoms with van der Waals surface area (Å²) >= 11 is 0. The number of aliphatic hydroxyl groups excluding tert-OH is 2. The Balaban J connectivity index is 2.36. The summed E-state index contributed by atoms with van der Waals surface area (Å²) in [5.41, 5.74) is 50.8. The Morgan fingerprint density at radius 2 is 1.31 bits per heavy atom. The Kier molecular flexibility index (Phi) is 31.8. The zero-order valence-corrected chi connectivity index (χ0v) is 45.2. The number of carboxylic acid groups (broad SMARTS) is 1. The molecule has 1 aromatic carbocycles. The maximum Gasteiger partial charge on any atom is 0.331 e. The molecule has 0 saturated carbocycles. The van der Waals surface area contributed by atoms with Crippen LogP contribution in [0.25, 0.3) is 0 Å². The number of carbonyl (C=O) groups excluding carboxylic acids is 9. The SMILES string of the molecule is NCCCC[C@H](NC(=O)[C@H](Cc1cccc(C(N)=O)c1)NC(=O)[C@@H]1CCCN1C(=O)[C@@H](CCCN)NC(=O)CNC(=O)[C@@H](NC(=O)[C@@H](NC(=O)[C@@H](N)CCCCN)[C@@H](O)CN)[C@@H](O)CN)C(=O)CC/C(=C\CCN=C(N)N)C(=O)O. The number of nitrogens with zero attached hydrogens (tertiary/aromatic N) is 2. The minimum atomic E-state index is -1.84. The summed E-state index contributed by atoms with van der Waals surface area (Å²) in [5.74, 6) is -9.02. The standard InChI is InChI=1S/C50H85N17O13/c51-18-3-1-12-31(56)43(73)65-41(38(70)26-55)47(77)66-40(37(69)25-54)46(76)61-27-39(71)62-33(14-6-20-53)48(78)67-22-8-15-35(67)45(75)64-34(24-28-9-5-10-30(23-28)42(57)72)44(74)63-32(13-2-4-19-52)36(68)17-16-29(49(79)80)11-7-21-60-50(58)59/h5,9-11,23,31-35,37-38,40-41,69-70H,1-4,6-8,12-22,24-27,51-56H2,(H2,57,72)(H,61,76)(H,62,71)(H,63,74)(H,64,75)(H,65,73)(H,66,77)(H,79,80)(H4,58,59,60)/b29-11+/t31-,32-,33+,34-,35-,37-,38-,40-,41-/m0/s1. The molecule has 30 heteroatoms. The third-order valence-electron chi connectivity index (χ3n) is 13.0. The summed E-state index contributed by atoms with van der Waals surface area (Å²) in [7, 11) is 0. The van der Waals surface area contributed by atoms with Gasteiger partial charge in [-0.3, -0.25) is 48.1 Å². The second kappa shape index (κ2) is 36.9. The van der Waals surface area contributed by atoms with Crippen molar-refractivity contribution in [2.75, 3.05) is 52.4 Å². The summed E-state index contributed by atoms with van der Waals surface area (Å²) in [6.45, 7) is -1.03. The molecule has 1 aromatic rings. The molecule has 0 aliphatic carbocycles. The Hall–Kier alpha value is -7.19. The van der Waals surface area contributed by atoms with Gasteiger partial charge in [-0.25, -0.2) is 4.79 Å². The number of aliphatic hydroxyl groups is 2. The summed E-state index contributed by atoms with van der Waals surface area (Å²) < 4.78 is 0. The monoisotopic (exact) mass is 1130 g/mol. The topological polar surface area (TPSA) is 553 Å². The van der Waals surface area contributed by atoms with E-state index in [9.17, 15) is 63.3 Å². The fourth-order valence-electron chi connectivity index (χ4n) is 8.50. The van der Waals surface area contributed by atoms with E-state index in [0.717, 1.165) is 0 Å². The highest BCUT2D eigenvalue weighted by Crippen LogP contribution is 2.21. The molecular formula is C50H85N17O13. The molecule has 1 fully saturated rings. The summed E-state index contributed by atoms with van der Waals surface area (Å²) in [6, 6.07) is -3.75. The van der Waals surface area contributed by atoms with Crippen molar-refractivity contribution in [2.24, 2.45) is 56.6 Å². The average Bonchev–Trinajstić information content (AvgIpc) is 3.93. The zero-order valence-electron chi connectivity index (χ0n) is 45.2. The van der Waals surface area contributed by atoms with Crippen LogP contribution in [-0.4, -0.2) is 192 Å². The van der Waals surface area contributed by atoms with Crippen molar-refractivity contribution in [3.63, 3.8) is 0 Å². The van der Waals surface area contributed by atoms with Crippen LogP contribution < -0.4 is 83.5 Å². The number of aliphatic carboxylic acids is 1. The minimum Gasteiger partial charge on any atom is -0.478 e. The molecule has 0 aromatic heterocycles. The van der Waals surface area contributed by atoms with Gasteiger partial charge in [0.15, 0.2) is 11.7 Å². The van der Waals surface area contributed by atoms with E-state index in [1.54, 1.807) is 6.07 Å². The number of carboxylic acids is 1. The number of carbonyl (C=O) groups is 10. The lowest BCUT2D eigenvalue weighted by atomic mass is 9.97. The third kappa shape index (κ3) is 24.0. The summed E-state index contributed by atoms with van der Waals surface area (Å²) in [6.07, 6.45) is 0.337. The Morgan fingerprint density at radius 1 is 0.700 bits per heavy atom. The van der Waals surface area contributed by atoms with Gasteiger partial charge in [0, 0.05) is 50.2 Å². The van der Waals surface area contributed by atoms with Crippen molar-refractivity contribution in [1.29, 1.82) is 0 Å². The lowest BCUT2D eigenvalue weighted by Crippen LogP contribution is -2.63. The fraction of sp³-hybridized carbons (Fsp3) is 0.620. The Bertz CT molecular complexity index is 2300. The molecule has 9 atom stereocenters. The predicted octanol–water partition coefficient (Wildman–Crippen LogP) is -7.15. The Labute approximate surface area is 464 Å². The normalized spacial score (nSPS) is 16.3. The van der Waals surface area contributed by atoms with Gasteiger partial charge in [0.25, 0.3) is 0 Å². The second-order valence-corrected chi connectivity index (χ2v) is 19.2. The average molecular weight is 1130 g/mol. The van der Waals surface area contributed by atoms with Gasteiger partial charge < -0.3 is 104 Å². The van der Waals surface area contributed by atoms with Crippen molar-refractivity contribution in [2.45, 2.75) is 144 Å². The molecule has 448 valence electrons. The van der Waals surface area contributed by atoms with Gasteiger partial charge >= 0.3 is 5.97 Å². The number of rotatable bonds is 39. The highest BCUT2D eigenvalue weighted by molar-refractivity contribution is 5.98. The van der Waals surface area contributed by atoms with Crippen LogP contribution in [0.4, 0.5) is 0 Å². The first-order valence-corrected chi connectivity index (χ1v) is 26.6. The van der Waals surface area contributed by atoms with Gasteiger partial charge in [0.05, 0.1) is 30.8 Å². The maximum atomic E-state index is 14.4. The van der Waals surface area contributed by atoms with Crippen LogP contribution in [0, 0.1) is 0 Å². The molecule has 0 bridgehead atoms. The van der Waals surface area contributed by atoms with Crippen LogP contribution in [0.3, 0.4) is 0 Å². The van der Waals surface area contributed by atoms with E-state index in [-0.39, 0.29) is 101 Å². The van der Waals surface area contributed by atoms with E-state index in [2.05, 4.69) is 36.9 Å². The first-order chi connectivity index (χ1) is 38.0. The van der Waals surface area contributed by atoms with Gasteiger partial charge in [0.2, 0.25) is 47.3 Å². The largest absolute Gasteiger partial charge is 0.478 e. The molecular weight excluding hydrogens is 1050 g/mol. The lowest BCUT2D eigenvalue weighted by molar-refractivity contribution is -0.142. The molecule has 30 nitrogen and oxygen atoms in total. The molecule has 2 rings (SSSR count). The first kappa shape index (κ1) is 68.9. The van der Waals surface area contributed by atoms with E-state index >= 15 is 0 Å². The molecule has 1 aliphatic rings. The second-order valence-electron chi connectivity index (χ2n) is 19.2. The summed E-state index contributed by atoms with van der Waals surface area (Å²) in [4.78, 5) is 139. The number of hydrogen-bond acceptors (Lipinski definition) is 19. The van der Waals surface area contributed by atoms with E-state index in [1.165, 1.54) is 29.2 Å². The van der Waals surface area contributed by atoms with E-state index in [0.29, 0.717) is 44.2 Å². The van der Waals surface area contributed by atoms with Crippen molar-refractivity contribution in [1.82, 2.24) is 36.8 Å². The maximum absolute atomic E-state index is 14.4. The van der Waals surface area contributed by atoms with E-state index < -0.39 is 133 Å². The number of primary amides is 1. The van der Waals surface area contributed by atoms with Crippen LogP contribution in [0.1, 0.15) is 99.4 Å². The third-order valence-corrected chi connectivity index (χ3v) is 13.0. The number of Topliss-reactive ketones (excluding diaryl/α,β-unsaturated/α-hetero) is 1. The summed E-state index contributed by atoms with van der Waals surface area (Å²) in [5, 5.41) is 45.8. The molecule has 1 saturated heterocycles. The van der Waals surface area contributed by atoms with Crippen LogP contribution in [0.5, 0.6) is 0 Å².